The third-order valence-electron chi connectivity index (χ3n) is 3.21. The molecule has 3 nitrogen and oxygen atoms in total. The van der Waals surface area contributed by atoms with Gasteiger partial charge in [0.2, 0.25) is 0 Å². The zero-order chi connectivity index (χ0) is 10.6. The van der Waals surface area contributed by atoms with Crippen molar-refractivity contribution in [3.8, 4) is 0 Å². The molecule has 0 aromatic heterocycles. The molecule has 3 atom stereocenters. The summed E-state index contributed by atoms with van der Waals surface area (Å²) in [6.45, 7) is 9.51. The van der Waals surface area contributed by atoms with Gasteiger partial charge < -0.3 is 10.4 Å². The highest BCUT2D eigenvalue weighted by Crippen LogP contribution is 2.15. The molecule has 1 aliphatic heterocycles. The highest BCUT2D eigenvalue weighted by Gasteiger charge is 2.27. The first-order valence-electron chi connectivity index (χ1n) is 5.81. The fourth-order valence-corrected chi connectivity index (χ4v) is 2.18. The molecular formula is C11H24N2O. The summed E-state index contributed by atoms with van der Waals surface area (Å²) in [5, 5.41) is 13.0. The van der Waals surface area contributed by atoms with Crippen LogP contribution in [0.2, 0.25) is 0 Å². The van der Waals surface area contributed by atoms with E-state index in [1.54, 1.807) is 0 Å². The van der Waals surface area contributed by atoms with Crippen molar-refractivity contribution < 1.29 is 5.11 Å². The van der Waals surface area contributed by atoms with E-state index in [0.29, 0.717) is 6.04 Å². The molecule has 1 fully saturated rings. The molecule has 0 aromatic rings. The van der Waals surface area contributed by atoms with Crippen LogP contribution in [0.3, 0.4) is 0 Å². The van der Waals surface area contributed by atoms with Crippen molar-refractivity contribution in [2.75, 3.05) is 19.6 Å². The molecule has 0 bridgehead atoms. The summed E-state index contributed by atoms with van der Waals surface area (Å²) in [4.78, 5) is 2.45. The Balaban J connectivity index is 2.52. The molecule has 0 saturated carbocycles. The van der Waals surface area contributed by atoms with Gasteiger partial charge >= 0.3 is 0 Å². The zero-order valence-corrected chi connectivity index (χ0v) is 9.66. The van der Waals surface area contributed by atoms with Crippen LogP contribution in [0, 0.1) is 0 Å². The number of aliphatic hydroxyl groups excluding tert-OH is 1. The van der Waals surface area contributed by atoms with Crippen LogP contribution in [0.1, 0.15) is 33.6 Å². The highest BCUT2D eigenvalue weighted by atomic mass is 16.3. The standard InChI is InChI=1S/C11H24N2O/c1-4-7-13(9(2)10(3)14)11-5-6-12-8-11/h9-12,14H,4-8H2,1-3H3. The number of hydrogen-bond donors (Lipinski definition) is 2. The van der Waals surface area contributed by atoms with Gasteiger partial charge in [-0.2, -0.15) is 0 Å². The molecule has 3 unspecified atom stereocenters. The lowest BCUT2D eigenvalue weighted by atomic mass is 10.1. The van der Waals surface area contributed by atoms with Crippen molar-refractivity contribution in [2.45, 2.75) is 51.8 Å². The van der Waals surface area contributed by atoms with E-state index in [-0.39, 0.29) is 12.1 Å². The van der Waals surface area contributed by atoms with Gasteiger partial charge in [0.1, 0.15) is 0 Å². The van der Waals surface area contributed by atoms with Gasteiger partial charge in [-0.25, -0.2) is 0 Å². The second-order valence-electron chi connectivity index (χ2n) is 4.37. The molecular weight excluding hydrogens is 176 g/mol. The topological polar surface area (TPSA) is 35.5 Å². The molecule has 1 rings (SSSR count). The number of nitrogens with zero attached hydrogens (tertiary/aromatic N) is 1. The summed E-state index contributed by atoms with van der Waals surface area (Å²) in [5.74, 6) is 0. The van der Waals surface area contributed by atoms with Gasteiger partial charge in [-0.3, -0.25) is 4.90 Å². The van der Waals surface area contributed by atoms with Crippen LogP contribution in [-0.4, -0.2) is 47.8 Å². The van der Waals surface area contributed by atoms with Crippen LogP contribution in [0.5, 0.6) is 0 Å². The molecule has 2 N–H and O–H groups in total. The number of rotatable bonds is 5. The number of hydrogen-bond acceptors (Lipinski definition) is 3. The Labute approximate surface area is 87.5 Å². The van der Waals surface area contributed by atoms with Crippen molar-refractivity contribution in [3.63, 3.8) is 0 Å². The fraction of sp³-hybridized carbons (Fsp3) is 1.00. The summed E-state index contributed by atoms with van der Waals surface area (Å²) in [6.07, 6.45) is 2.15. The van der Waals surface area contributed by atoms with Crippen molar-refractivity contribution in [2.24, 2.45) is 0 Å². The van der Waals surface area contributed by atoms with Gasteiger partial charge in [0.05, 0.1) is 6.10 Å². The Morgan fingerprint density at radius 2 is 2.21 bits per heavy atom. The van der Waals surface area contributed by atoms with E-state index in [1.807, 2.05) is 6.92 Å². The molecule has 84 valence electrons. The molecule has 0 amide bonds. The quantitative estimate of drug-likeness (QED) is 0.690. The Bertz CT molecular complexity index is 153. The van der Waals surface area contributed by atoms with Crippen LogP contribution in [0.4, 0.5) is 0 Å². The average molecular weight is 200 g/mol. The predicted molar refractivity (Wildman–Crippen MR) is 59.4 cm³/mol. The Morgan fingerprint density at radius 1 is 1.50 bits per heavy atom. The van der Waals surface area contributed by atoms with Gasteiger partial charge in [-0.05, 0) is 39.8 Å². The monoisotopic (exact) mass is 200 g/mol. The minimum atomic E-state index is -0.234. The maximum absolute atomic E-state index is 9.62. The molecule has 3 heteroatoms. The van der Waals surface area contributed by atoms with E-state index >= 15 is 0 Å². The fourth-order valence-electron chi connectivity index (χ4n) is 2.18. The third kappa shape index (κ3) is 2.94. The summed E-state index contributed by atoms with van der Waals surface area (Å²) in [7, 11) is 0. The lowest BCUT2D eigenvalue weighted by molar-refractivity contribution is 0.0476. The Morgan fingerprint density at radius 3 is 2.64 bits per heavy atom. The van der Waals surface area contributed by atoms with Gasteiger partial charge in [-0.15, -0.1) is 0 Å². The minimum absolute atomic E-state index is 0.234. The number of nitrogens with one attached hydrogen (secondary N) is 1. The molecule has 1 aliphatic rings. The van der Waals surface area contributed by atoms with Gasteiger partial charge in [-0.1, -0.05) is 6.92 Å². The lowest BCUT2D eigenvalue weighted by Crippen LogP contribution is -2.47. The normalized spacial score (nSPS) is 26.8. The van der Waals surface area contributed by atoms with Crippen LogP contribution in [0.25, 0.3) is 0 Å². The molecule has 1 heterocycles. The van der Waals surface area contributed by atoms with E-state index in [4.69, 9.17) is 0 Å². The lowest BCUT2D eigenvalue weighted by Gasteiger charge is -2.35. The Kier molecular flexibility index (Phi) is 4.85. The second kappa shape index (κ2) is 5.69. The zero-order valence-electron chi connectivity index (χ0n) is 9.66. The second-order valence-corrected chi connectivity index (χ2v) is 4.37. The van der Waals surface area contributed by atoms with Gasteiger partial charge in [0, 0.05) is 18.6 Å². The average Bonchev–Trinajstić information content (AvgIpc) is 2.65. The first-order valence-corrected chi connectivity index (χ1v) is 5.81. The summed E-state index contributed by atoms with van der Waals surface area (Å²) in [5.41, 5.74) is 0. The van der Waals surface area contributed by atoms with Gasteiger partial charge in [0.25, 0.3) is 0 Å². The summed E-state index contributed by atoms with van der Waals surface area (Å²) >= 11 is 0. The molecule has 0 aromatic carbocycles. The molecule has 14 heavy (non-hydrogen) atoms. The maximum atomic E-state index is 9.62. The van der Waals surface area contributed by atoms with Crippen molar-refractivity contribution in [1.29, 1.82) is 0 Å². The van der Waals surface area contributed by atoms with Crippen molar-refractivity contribution >= 4 is 0 Å². The van der Waals surface area contributed by atoms with Crippen LogP contribution >= 0.6 is 0 Å². The van der Waals surface area contributed by atoms with E-state index in [9.17, 15) is 5.11 Å². The molecule has 0 radical (unpaired) electrons. The summed E-state index contributed by atoms with van der Waals surface area (Å²) < 4.78 is 0. The third-order valence-corrected chi connectivity index (χ3v) is 3.21. The highest BCUT2D eigenvalue weighted by molar-refractivity contribution is 4.85. The van der Waals surface area contributed by atoms with Crippen LogP contribution in [-0.2, 0) is 0 Å². The predicted octanol–water partition coefficient (Wildman–Crippen LogP) is 0.830. The van der Waals surface area contributed by atoms with Crippen LogP contribution < -0.4 is 5.32 Å². The number of aliphatic hydroxyl groups is 1. The maximum Gasteiger partial charge on any atom is 0.0664 e. The van der Waals surface area contributed by atoms with E-state index in [0.717, 1.165) is 26.1 Å². The first kappa shape index (κ1) is 12.0. The largest absolute Gasteiger partial charge is 0.392 e. The van der Waals surface area contributed by atoms with Gasteiger partial charge in [0.15, 0.2) is 0 Å². The minimum Gasteiger partial charge on any atom is -0.392 e. The van der Waals surface area contributed by atoms with Crippen LogP contribution in [0.15, 0.2) is 0 Å². The Hall–Kier alpha value is -0.120. The summed E-state index contributed by atoms with van der Waals surface area (Å²) in [6, 6.07) is 0.902. The molecule has 0 spiro atoms. The molecule has 1 saturated heterocycles. The smallest absolute Gasteiger partial charge is 0.0664 e. The first-order chi connectivity index (χ1) is 6.66. The van der Waals surface area contributed by atoms with E-state index in [1.165, 1.54) is 6.42 Å². The van der Waals surface area contributed by atoms with Crippen molar-refractivity contribution in [1.82, 2.24) is 10.2 Å². The van der Waals surface area contributed by atoms with E-state index in [2.05, 4.69) is 24.1 Å². The van der Waals surface area contributed by atoms with E-state index < -0.39 is 0 Å². The molecule has 0 aliphatic carbocycles. The SMILES string of the molecule is CCCN(C1CCNC1)C(C)C(C)O. The van der Waals surface area contributed by atoms with Crippen molar-refractivity contribution in [3.05, 3.63) is 0 Å².